The van der Waals surface area contributed by atoms with Gasteiger partial charge in [0.15, 0.2) is 11.6 Å². The van der Waals surface area contributed by atoms with Crippen molar-refractivity contribution in [3.05, 3.63) is 30.6 Å². The maximum Gasteiger partial charge on any atom is 0.204 e. The highest BCUT2D eigenvalue weighted by atomic mass is 32.2. The van der Waals surface area contributed by atoms with Gasteiger partial charge in [0.2, 0.25) is 5.75 Å². The van der Waals surface area contributed by atoms with Crippen LogP contribution in [0.1, 0.15) is 6.92 Å². The van der Waals surface area contributed by atoms with E-state index in [2.05, 4.69) is 39.0 Å². The lowest BCUT2D eigenvalue weighted by Gasteiger charge is -2.13. The fourth-order valence-corrected chi connectivity index (χ4v) is 2.17. The summed E-state index contributed by atoms with van der Waals surface area (Å²) in [4.78, 5) is 9.64. The van der Waals surface area contributed by atoms with E-state index in [0.29, 0.717) is 17.4 Å². The molecule has 0 aliphatic rings. The molecule has 0 bridgehead atoms. The molecule has 2 rings (SSSR count). The van der Waals surface area contributed by atoms with Gasteiger partial charge in [0.1, 0.15) is 6.33 Å². The number of nitrogens with one attached hydrogen (secondary N) is 2. The van der Waals surface area contributed by atoms with Crippen LogP contribution in [0.3, 0.4) is 0 Å². The molecule has 1 aromatic carbocycles. The Bertz CT molecular complexity index is 560. The number of methoxy groups -OCH3 is 1. The molecule has 0 amide bonds. The van der Waals surface area contributed by atoms with E-state index in [-0.39, 0.29) is 0 Å². The van der Waals surface area contributed by atoms with E-state index in [4.69, 9.17) is 4.74 Å². The number of aromatic nitrogens is 2. The topological polar surface area (TPSA) is 59.1 Å². The monoisotopic (exact) mass is 290 g/mol. The van der Waals surface area contributed by atoms with Crippen LogP contribution < -0.4 is 15.4 Å². The minimum atomic E-state index is 0.614. The third kappa shape index (κ3) is 3.33. The van der Waals surface area contributed by atoms with E-state index >= 15 is 0 Å². The molecular formula is C14H18N4OS. The number of nitrogens with zero attached hydrogens (tertiary/aromatic N) is 2. The summed E-state index contributed by atoms with van der Waals surface area (Å²) in [6, 6.07) is 8.15. The third-order valence-electron chi connectivity index (χ3n) is 2.70. The molecule has 0 saturated carbocycles. The lowest BCUT2D eigenvalue weighted by molar-refractivity contribution is 0.415. The zero-order chi connectivity index (χ0) is 14.4. The van der Waals surface area contributed by atoms with Gasteiger partial charge in [0.25, 0.3) is 0 Å². The zero-order valence-corrected chi connectivity index (χ0v) is 12.6. The smallest absolute Gasteiger partial charge is 0.204 e. The average molecular weight is 290 g/mol. The van der Waals surface area contributed by atoms with Crippen molar-refractivity contribution in [3.8, 4) is 5.75 Å². The van der Waals surface area contributed by atoms with Crippen molar-refractivity contribution in [3.63, 3.8) is 0 Å². The van der Waals surface area contributed by atoms with Crippen molar-refractivity contribution < 1.29 is 4.74 Å². The van der Waals surface area contributed by atoms with E-state index < -0.39 is 0 Å². The van der Waals surface area contributed by atoms with Crippen molar-refractivity contribution >= 4 is 29.1 Å². The summed E-state index contributed by atoms with van der Waals surface area (Å²) in [5.41, 5.74) is 0.960. The van der Waals surface area contributed by atoms with Crippen molar-refractivity contribution in [1.29, 1.82) is 0 Å². The van der Waals surface area contributed by atoms with Crippen LogP contribution in [0.25, 0.3) is 0 Å². The lowest BCUT2D eigenvalue weighted by Crippen LogP contribution is -2.05. The second-order valence-electron chi connectivity index (χ2n) is 3.99. The molecule has 0 unspecified atom stereocenters. The zero-order valence-electron chi connectivity index (χ0n) is 11.8. The number of ether oxygens (including phenoxy) is 1. The van der Waals surface area contributed by atoms with Gasteiger partial charge >= 0.3 is 0 Å². The SMILES string of the molecule is CCNc1ncnc(Nc2ccc(SC)cc2)c1OC. The van der Waals surface area contributed by atoms with Crippen molar-refractivity contribution in [2.45, 2.75) is 11.8 Å². The van der Waals surface area contributed by atoms with Crippen molar-refractivity contribution in [1.82, 2.24) is 9.97 Å². The fourth-order valence-electron chi connectivity index (χ4n) is 1.76. The van der Waals surface area contributed by atoms with Gasteiger partial charge in [0, 0.05) is 17.1 Å². The maximum absolute atomic E-state index is 5.39. The van der Waals surface area contributed by atoms with Crippen molar-refractivity contribution in [2.24, 2.45) is 0 Å². The summed E-state index contributed by atoms with van der Waals surface area (Å²) in [6.45, 7) is 2.78. The minimum Gasteiger partial charge on any atom is -0.490 e. The Morgan fingerprint density at radius 2 is 1.85 bits per heavy atom. The molecule has 1 aromatic heterocycles. The molecule has 5 nitrogen and oxygen atoms in total. The molecule has 6 heteroatoms. The Morgan fingerprint density at radius 3 is 2.45 bits per heavy atom. The first-order valence-electron chi connectivity index (χ1n) is 6.32. The van der Waals surface area contributed by atoms with Crippen LogP contribution in [0, 0.1) is 0 Å². The maximum atomic E-state index is 5.39. The molecule has 0 atom stereocenters. The van der Waals surface area contributed by atoms with E-state index in [1.54, 1.807) is 18.9 Å². The van der Waals surface area contributed by atoms with E-state index in [1.807, 2.05) is 19.1 Å². The van der Waals surface area contributed by atoms with Crippen LogP contribution in [0.15, 0.2) is 35.5 Å². The molecule has 106 valence electrons. The highest BCUT2D eigenvalue weighted by Gasteiger charge is 2.11. The standard InChI is InChI=1S/C14H18N4OS/c1-4-15-13-12(19-2)14(17-9-16-13)18-10-5-7-11(20-3)8-6-10/h5-9H,4H2,1-3H3,(H2,15,16,17,18). The summed E-state index contributed by atoms with van der Waals surface area (Å²) in [5.74, 6) is 1.95. The van der Waals surface area contributed by atoms with Gasteiger partial charge in [-0.25, -0.2) is 9.97 Å². The predicted octanol–water partition coefficient (Wildman–Crippen LogP) is 3.38. The number of anilines is 3. The van der Waals surface area contributed by atoms with Crippen LogP contribution in [0.5, 0.6) is 5.75 Å². The quantitative estimate of drug-likeness (QED) is 0.795. The van der Waals surface area contributed by atoms with Gasteiger partial charge in [0.05, 0.1) is 7.11 Å². The molecule has 0 aliphatic carbocycles. The molecule has 20 heavy (non-hydrogen) atoms. The van der Waals surface area contributed by atoms with Gasteiger partial charge in [-0.15, -0.1) is 11.8 Å². The number of thioether (sulfide) groups is 1. The molecule has 1 heterocycles. The molecule has 0 radical (unpaired) electrons. The second-order valence-corrected chi connectivity index (χ2v) is 4.87. The van der Waals surface area contributed by atoms with Crippen LogP contribution in [0.2, 0.25) is 0 Å². The predicted molar refractivity (Wildman–Crippen MR) is 84.3 cm³/mol. The van der Waals surface area contributed by atoms with Gasteiger partial charge in [-0.05, 0) is 37.4 Å². The normalized spacial score (nSPS) is 10.2. The van der Waals surface area contributed by atoms with Crippen LogP contribution in [-0.4, -0.2) is 29.9 Å². The fraction of sp³-hybridized carbons (Fsp3) is 0.286. The van der Waals surface area contributed by atoms with Crippen LogP contribution in [-0.2, 0) is 0 Å². The summed E-state index contributed by atoms with van der Waals surface area (Å²) in [5, 5.41) is 6.40. The Kier molecular flexibility index (Phi) is 5.06. The first kappa shape index (κ1) is 14.5. The Balaban J connectivity index is 2.25. The Labute approximate surface area is 123 Å². The van der Waals surface area contributed by atoms with E-state index in [1.165, 1.54) is 11.2 Å². The number of hydrogen-bond donors (Lipinski definition) is 2. The van der Waals surface area contributed by atoms with Gasteiger partial charge in [-0.2, -0.15) is 0 Å². The number of rotatable bonds is 6. The Hall–Kier alpha value is -1.95. The molecular weight excluding hydrogens is 272 g/mol. The molecule has 0 fully saturated rings. The van der Waals surface area contributed by atoms with Gasteiger partial charge in [-0.3, -0.25) is 0 Å². The number of benzene rings is 1. The minimum absolute atomic E-state index is 0.614. The lowest BCUT2D eigenvalue weighted by atomic mass is 10.3. The average Bonchev–Trinajstić information content (AvgIpc) is 2.49. The summed E-state index contributed by atoms with van der Waals surface area (Å²) in [7, 11) is 1.61. The summed E-state index contributed by atoms with van der Waals surface area (Å²) in [6.07, 6.45) is 3.57. The Morgan fingerprint density at radius 1 is 1.15 bits per heavy atom. The third-order valence-corrected chi connectivity index (χ3v) is 3.45. The summed E-state index contributed by atoms with van der Waals surface area (Å²) < 4.78 is 5.39. The summed E-state index contributed by atoms with van der Waals surface area (Å²) >= 11 is 1.71. The van der Waals surface area contributed by atoms with E-state index in [9.17, 15) is 0 Å². The number of hydrogen-bond acceptors (Lipinski definition) is 6. The van der Waals surface area contributed by atoms with Gasteiger partial charge < -0.3 is 15.4 Å². The van der Waals surface area contributed by atoms with Crippen molar-refractivity contribution in [2.75, 3.05) is 30.5 Å². The molecule has 0 saturated heterocycles. The molecule has 0 aliphatic heterocycles. The highest BCUT2D eigenvalue weighted by Crippen LogP contribution is 2.31. The molecule has 2 N–H and O–H groups in total. The first-order valence-corrected chi connectivity index (χ1v) is 7.55. The van der Waals surface area contributed by atoms with Crippen LogP contribution >= 0.6 is 11.8 Å². The second kappa shape index (κ2) is 7.00. The molecule has 2 aromatic rings. The largest absolute Gasteiger partial charge is 0.490 e. The van der Waals surface area contributed by atoms with Gasteiger partial charge in [-0.1, -0.05) is 0 Å². The van der Waals surface area contributed by atoms with E-state index in [0.717, 1.165) is 12.2 Å². The van der Waals surface area contributed by atoms with Crippen LogP contribution in [0.4, 0.5) is 17.3 Å². The molecule has 0 spiro atoms. The highest BCUT2D eigenvalue weighted by molar-refractivity contribution is 7.98. The first-order chi connectivity index (χ1) is 9.78.